The number of rotatable bonds is 2. The van der Waals surface area contributed by atoms with Crippen molar-refractivity contribution in [1.82, 2.24) is 0 Å². The van der Waals surface area contributed by atoms with E-state index in [1.165, 1.54) is 28.8 Å². The summed E-state index contributed by atoms with van der Waals surface area (Å²) in [5.74, 6) is -0.0957. The molecule has 3 nitrogen and oxygen atoms in total. The number of nitrogens with one attached hydrogen (secondary N) is 1. The zero-order valence-corrected chi connectivity index (χ0v) is 10.6. The normalized spacial score (nSPS) is 16.7. The molecular weight excluding hydrogens is 220 g/mol. The van der Waals surface area contributed by atoms with Crippen molar-refractivity contribution in [2.75, 3.05) is 5.32 Å². The molecular formula is C12H18N2OS. The number of hydrogen-bond acceptors (Lipinski definition) is 3. The minimum atomic E-state index is -0.446. The van der Waals surface area contributed by atoms with E-state index in [0.717, 1.165) is 17.8 Å². The van der Waals surface area contributed by atoms with Crippen LogP contribution in [0.5, 0.6) is 0 Å². The van der Waals surface area contributed by atoms with Gasteiger partial charge in [0.2, 0.25) is 5.91 Å². The molecule has 1 heterocycles. The van der Waals surface area contributed by atoms with Crippen LogP contribution in [-0.2, 0) is 17.6 Å². The van der Waals surface area contributed by atoms with Gasteiger partial charge in [-0.25, -0.2) is 0 Å². The molecule has 3 N–H and O–H groups in total. The smallest absolute Gasteiger partial charge is 0.241 e. The highest BCUT2D eigenvalue weighted by atomic mass is 32.1. The Morgan fingerprint density at radius 2 is 2.12 bits per heavy atom. The third kappa shape index (κ3) is 2.13. The van der Waals surface area contributed by atoms with Crippen LogP contribution in [-0.4, -0.2) is 11.9 Å². The Kier molecular flexibility index (Phi) is 3.30. The second-order valence-electron chi connectivity index (χ2n) is 4.44. The first kappa shape index (κ1) is 11.6. The number of thiophene rings is 1. The molecule has 4 heteroatoms. The summed E-state index contributed by atoms with van der Waals surface area (Å²) in [4.78, 5) is 13.0. The van der Waals surface area contributed by atoms with E-state index >= 15 is 0 Å². The van der Waals surface area contributed by atoms with Crippen LogP contribution in [0.2, 0.25) is 0 Å². The van der Waals surface area contributed by atoms with E-state index in [4.69, 9.17) is 5.73 Å². The molecule has 0 spiro atoms. The Balaban J connectivity index is 2.22. The summed E-state index contributed by atoms with van der Waals surface area (Å²) in [7, 11) is 0. The van der Waals surface area contributed by atoms with Crippen LogP contribution < -0.4 is 11.1 Å². The Labute approximate surface area is 100 Å². The molecule has 0 saturated carbocycles. The lowest BCUT2D eigenvalue weighted by Gasteiger charge is -2.10. The van der Waals surface area contributed by atoms with Gasteiger partial charge in [0.25, 0.3) is 0 Å². The lowest BCUT2D eigenvalue weighted by atomic mass is 9.96. The molecule has 16 heavy (non-hydrogen) atoms. The van der Waals surface area contributed by atoms with Crippen molar-refractivity contribution in [3.63, 3.8) is 0 Å². The van der Waals surface area contributed by atoms with Gasteiger partial charge >= 0.3 is 0 Å². The molecule has 1 amide bonds. The van der Waals surface area contributed by atoms with Crippen LogP contribution in [0.1, 0.15) is 35.8 Å². The van der Waals surface area contributed by atoms with E-state index in [0.29, 0.717) is 0 Å². The highest BCUT2D eigenvalue weighted by Gasteiger charge is 2.19. The zero-order chi connectivity index (χ0) is 11.7. The molecule has 0 radical (unpaired) electrons. The van der Waals surface area contributed by atoms with Crippen LogP contribution >= 0.6 is 11.3 Å². The maximum atomic E-state index is 11.5. The summed E-state index contributed by atoms with van der Waals surface area (Å²) in [5.41, 5.74) is 8.25. The predicted octanol–water partition coefficient (Wildman–Crippen LogP) is 2.22. The molecule has 1 aromatic rings. The maximum Gasteiger partial charge on any atom is 0.241 e. The fourth-order valence-corrected chi connectivity index (χ4v) is 3.37. The van der Waals surface area contributed by atoms with E-state index in [1.54, 1.807) is 18.3 Å². The number of fused-ring (bicyclic) bond motifs is 1. The van der Waals surface area contributed by atoms with Gasteiger partial charge in [0.05, 0.1) is 11.0 Å². The van der Waals surface area contributed by atoms with Gasteiger partial charge in [0, 0.05) is 4.88 Å². The maximum absolute atomic E-state index is 11.5. The minimum Gasteiger partial charge on any atom is -0.320 e. The molecule has 0 fully saturated rings. The Bertz CT molecular complexity index is 409. The van der Waals surface area contributed by atoms with Crippen molar-refractivity contribution in [3.8, 4) is 0 Å². The van der Waals surface area contributed by atoms with Crippen LogP contribution in [0.4, 0.5) is 5.00 Å². The van der Waals surface area contributed by atoms with E-state index in [1.807, 2.05) is 0 Å². The van der Waals surface area contributed by atoms with Crippen molar-refractivity contribution < 1.29 is 4.79 Å². The summed E-state index contributed by atoms with van der Waals surface area (Å²) in [5, 5.41) is 3.92. The monoisotopic (exact) mass is 238 g/mol. The van der Waals surface area contributed by atoms with Gasteiger partial charge in [-0.2, -0.15) is 0 Å². The minimum absolute atomic E-state index is 0.0957. The number of carbonyl (C=O) groups is 1. The summed E-state index contributed by atoms with van der Waals surface area (Å²) in [6.45, 7) is 3.80. The summed E-state index contributed by atoms with van der Waals surface area (Å²) >= 11 is 1.72. The summed E-state index contributed by atoms with van der Waals surface area (Å²) < 4.78 is 0. The van der Waals surface area contributed by atoms with Crippen LogP contribution in [0, 0.1) is 6.92 Å². The number of anilines is 1. The molecule has 1 aliphatic rings. The summed E-state index contributed by atoms with van der Waals surface area (Å²) in [6, 6.07) is -0.446. The Morgan fingerprint density at radius 3 is 2.75 bits per heavy atom. The first-order chi connectivity index (χ1) is 7.59. The molecule has 0 saturated heterocycles. The summed E-state index contributed by atoms with van der Waals surface area (Å²) in [6.07, 6.45) is 4.86. The van der Waals surface area contributed by atoms with Gasteiger partial charge in [-0.05, 0) is 50.7 Å². The van der Waals surface area contributed by atoms with Crippen molar-refractivity contribution >= 4 is 22.2 Å². The predicted molar refractivity (Wildman–Crippen MR) is 68.0 cm³/mol. The number of aryl methyl sites for hydroxylation is 1. The molecule has 1 aromatic heterocycles. The molecule has 88 valence electrons. The van der Waals surface area contributed by atoms with Gasteiger partial charge in [0.15, 0.2) is 0 Å². The lowest BCUT2D eigenvalue weighted by molar-refractivity contribution is -0.117. The SMILES string of the molecule is Cc1c(NC(=O)[C@H](C)N)sc2c1CCCC2. The number of amides is 1. The topological polar surface area (TPSA) is 55.1 Å². The van der Waals surface area contributed by atoms with Crippen molar-refractivity contribution in [3.05, 3.63) is 16.0 Å². The molecule has 1 atom stereocenters. The zero-order valence-electron chi connectivity index (χ0n) is 9.80. The second-order valence-corrected chi connectivity index (χ2v) is 5.55. The molecule has 2 rings (SSSR count). The fourth-order valence-electron chi connectivity index (χ4n) is 2.07. The number of nitrogens with two attached hydrogens (primary N) is 1. The Morgan fingerprint density at radius 1 is 1.44 bits per heavy atom. The number of carbonyl (C=O) groups excluding carboxylic acids is 1. The van der Waals surface area contributed by atoms with Crippen molar-refractivity contribution in [1.29, 1.82) is 0 Å². The average molecular weight is 238 g/mol. The van der Waals surface area contributed by atoms with Gasteiger partial charge in [-0.15, -0.1) is 11.3 Å². The highest BCUT2D eigenvalue weighted by molar-refractivity contribution is 7.16. The van der Waals surface area contributed by atoms with Crippen molar-refractivity contribution in [2.45, 2.75) is 45.6 Å². The van der Waals surface area contributed by atoms with Gasteiger partial charge in [0.1, 0.15) is 0 Å². The molecule has 0 bridgehead atoms. The third-order valence-corrected chi connectivity index (χ3v) is 4.40. The van der Waals surface area contributed by atoms with E-state index in [2.05, 4.69) is 12.2 Å². The molecule has 0 aliphatic heterocycles. The molecule has 1 aliphatic carbocycles. The standard InChI is InChI=1S/C12H18N2OS/c1-7-9-5-3-4-6-10(9)16-12(7)14-11(15)8(2)13/h8H,3-6,13H2,1-2H3,(H,14,15)/t8-/m0/s1. The Hall–Kier alpha value is -0.870. The van der Waals surface area contributed by atoms with E-state index in [9.17, 15) is 4.79 Å². The largest absolute Gasteiger partial charge is 0.320 e. The number of hydrogen-bond donors (Lipinski definition) is 2. The van der Waals surface area contributed by atoms with E-state index in [-0.39, 0.29) is 5.91 Å². The van der Waals surface area contributed by atoms with Crippen LogP contribution in [0.15, 0.2) is 0 Å². The average Bonchev–Trinajstić information content (AvgIpc) is 2.56. The van der Waals surface area contributed by atoms with Crippen LogP contribution in [0.25, 0.3) is 0 Å². The highest BCUT2D eigenvalue weighted by Crippen LogP contribution is 2.37. The fraction of sp³-hybridized carbons (Fsp3) is 0.583. The molecule has 0 aromatic carbocycles. The second kappa shape index (κ2) is 4.55. The first-order valence-electron chi connectivity index (χ1n) is 5.77. The van der Waals surface area contributed by atoms with E-state index < -0.39 is 6.04 Å². The third-order valence-electron chi connectivity index (χ3n) is 3.09. The lowest BCUT2D eigenvalue weighted by Crippen LogP contribution is -2.32. The first-order valence-corrected chi connectivity index (χ1v) is 6.59. The quantitative estimate of drug-likeness (QED) is 0.830. The van der Waals surface area contributed by atoms with Crippen LogP contribution in [0.3, 0.4) is 0 Å². The van der Waals surface area contributed by atoms with Gasteiger partial charge in [-0.1, -0.05) is 0 Å². The van der Waals surface area contributed by atoms with Gasteiger partial charge < -0.3 is 11.1 Å². The van der Waals surface area contributed by atoms with Crippen molar-refractivity contribution in [2.24, 2.45) is 5.73 Å². The molecule has 0 unspecified atom stereocenters. The van der Waals surface area contributed by atoms with Gasteiger partial charge in [-0.3, -0.25) is 4.79 Å².